The maximum Gasteiger partial charge on any atom is 0.335 e. The number of hydrogen-bond donors (Lipinski definition) is 4. The van der Waals surface area contributed by atoms with Gasteiger partial charge < -0.3 is 40.1 Å². The molecule has 364 valence electrons. The molecule has 0 fully saturated rings. The summed E-state index contributed by atoms with van der Waals surface area (Å²) >= 11 is 0. The summed E-state index contributed by atoms with van der Waals surface area (Å²) in [6.45, 7) is 7.83. The van der Waals surface area contributed by atoms with Gasteiger partial charge in [0.15, 0.2) is 22.3 Å². The number of imidazole rings is 2. The van der Waals surface area contributed by atoms with Gasteiger partial charge in [0.25, 0.3) is 11.8 Å². The number of nitriles is 2. The molecule has 10 rings (SSSR count). The molecule has 5 N–H and O–H groups in total. The Hall–Kier alpha value is -10.5. The molecule has 0 saturated carbocycles. The van der Waals surface area contributed by atoms with E-state index in [-0.39, 0.29) is 5.56 Å². The molecule has 18 nitrogen and oxygen atoms in total. The first kappa shape index (κ1) is 48.6. The SMILES string of the molecule is Cc1cc(-c2ccc(C(=O)O)cc2)cc(C)c1Oc1nc(Nc2ccc(C#N)cc2)nc2c1ncn2C.Cc1cc(-c2ccc(C(N)=O)cc2)cc(C)c1Oc1nc(Nc2ccc(C#N)cc2)nc2c1ncn2C. The van der Waals surface area contributed by atoms with Crippen LogP contribution in [0.1, 0.15) is 54.1 Å². The van der Waals surface area contributed by atoms with Gasteiger partial charge in [0.1, 0.15) is 11.5 Å². The van der Waals surface area contributed by atoms with Gasteiger partial charge in [-0.15, -0.1) is 0 Å². The molecule has 0 aliphatic carbocycles. The van der Waals surface area contributed by atoms with Crippen LogP contribution in [0.2, 0.25) is 0 Å². The zero-order valence-electron chi connectivity index (χ0n) is 40.8. The summed E-state index contributed by atoms with van der Waals surface area (Å²) in [5, 5.41) is 33.6. The highest BCUT2D eigenvalue weighted by molar-refractivity contribution is 5.93. The van der Waals surface area contributed by atoms with Crippen molar-refractivity contribution in [2.75, 3.05) is 10.6 Å². The summed E-state index contributed by atoms with van der Waals surface area (Å²) < 4.78 is 16.3. The van der Waals surface area contributed by atoms with Crippen molar-refractivity contribution in [2.24, 2.45) is 19.8 Å². The molecule has 0 unspecified atom stereocenters. The van der Waals surface area contributed by atoms with E-state index in [1.54, 1.807) is 107 Å². The minimum absolute atomic E-state index is 0.241. The number of benzene rings is 6. The van der Waals surface area contributed by atoms with E-state index in [2.05, 4.69) is 52.7 Å². The normalized spacial score (nSPS) is 10.8. The summed E-state index contributed by atoms with van der Waals surface area (Å²) in [6, 6.07) is 40.2. The number of amides is 1. The number of fused-ring (bicyclic) bond motifs is 2. The van der Waals surface area contributed by atoms with Gasteiger partial charge in [-0.25, -0.2) is 14.8 Å². The number of aromatic carboxylic acids is 1. The highest BCUT2D eigenvalue weighted by atomic mass is 16.5. The Kier molecular flexibility index (Phi) is 13.4. The highest BCUT2D eigenvalue weighted by Crippen LogP contribution is 2.37. The van der Waals surface area contributed by atoms with Crippen molar-refractivity contribution >= 4 is 57.5 Å². The first-order valence-corrected chi connectivity index (χ1v) is 22.9. The quantitative estimate of drug-likeness (QED) is 0.0887. The van der Waals surface area contributed by atoms with Crippen molar-refractivity contribution in [2.45, 2.75) is 27.7 Å². The third kappa shape index (κ3) is 10.4. The van der Waals surface area contributed by atoms with Gasteiger partial charge in [-0.05, 0) is 169 Å². The third-order valence-electron chi connectivity index (χ3n) is 11.9. The van der Waals surface area contributed by atoms with Crippen molar-refractivity contribution in [1.29, 1.82) is 10.5 Å². The molecule has 0 aliphatic rings. The monoisotopic (exact) mass is 979 g/mol. The molecule has 0 bridgehead atoms. The fourth-order valence-electron chi connectivity index (χ4n) is 8.11. The van der Waals surface area contributed by atoms with Crippen LogP contribution < -0.4 is 25.8 Å². The van der Waals surface area contributed by atoms with Gasteiger partial charge in [0, 0.05) is 31.0 Å². The molecule has 0 spiro atoms. The Balaban J connectivity index is 0.000000182. The minimum Gasteiger partial charge on any atom is -0.478 e. The molecule has 0 saturated heterocycles. The van der Waals surface area contributed by atoms with Crippen molar-refractivity contribution in [3.63, 3.8) is 0 Å². The number of nitrogens with zero attached hydrogens (tertiary/aromatic N) is 10. The molecular weight excluding hydrogens is 935 g/mol. The number of hydrogen-bond acceptors (Lipinski definition) is 14. The van der Waals surface area contributed by atoms with E-state index < -0.39 is 11.9 Å². The van der Waals surface area contributed by atoms with E-state index in [4.69, 9.17) is 30.8 Å². The summed E-state index contributed by atoms with van der Waals surface area (Å²) in [5.74, 6) is 1.23. The van der Waals surface area contributed by atoms with Crippen LogP contribution in [0.4, 0.5) is 23.3 Å². The Labute approximate surface area is 424 Å². The van der Waals surface area contributed by atoms with Crippen molar-refractivity contribution in [3.8, 4) is 57.7 Å². The van der Waals surface area contributed by atoms with Crippen LogP contribution in [0.15, 0.2) is 134 Å². The number of aromatic nitrogens is 8. The van der Waals surface area contributed by atoms with E-state index in [0.29, 0.717) is 74.2 Å². The number of anilines is 4. The topological polar surface area (TPSA) is 258 Å². The molecular formula is C56H45N13O5. The largest absolute Gasteiger partial charge is 0.478 e. The van der Waals surface area contributed by atoms with Crippen molar-refractivity contribution in [1.82, 2.24) is 39.0 Å². The molecule has 4 aromatic heterocycles. The number of carboxylic acid groups (broad SMARTS) is 1. The number of ether oxygens (including phenoxy) is 2. The van der Waals surface area contributed by atoms with E-state index in [0.717, 1.165) is 55.9 Å². The Morgan fingerprint density at radius 3 is 1.24 bits per heavy atom. The second-order valence-corrected chi connectivity index (χ2v) is 17.3. The van der Waals surface area contributed by atoms with E-state index in [9.17, 15) is 9.59 Å². The van der Waals surface area contributed by atoms with E-state index in [1.165, 1.54) is 0 Å². The van der Waals surface area contributed by atoms with Crippen LogP contribution in [0, 0.1) is 50.4 Å². The Morgan fingerprint density at radius 2 is 0.905 bits per heavy atom. The van der Waals surface area contributed by atoms with Crippen LogP contribution in [-0.2, 0) is 14.1 Å². The second kappa shape index (κ2) is 20.5. The van der Waals surface area contributed by atoms with Crippen molar-refractivity contribution in [3.05, 3.63) is 178 Å². The van der Waals surface area contributed by atoms with Crippen LogP contribution in [0.3, 0.4) is 0 Å². The molecule has 18 heteroatoms. The number of aryl methyl sites for hydroxylation is 6. The van der Waals surface area contributed by atoms with E-state index >= 15 is 0 Å². The molecule has 4 heterocycles. The van der Waals surface area contributed by atoms with E-state index in [1.807, 2.05) is 78.2 Å². The Bertz CT molecular complexity index is 3570. The lowest BCUT2D eigenvalue weighted by Gasteiger charge is -2.15. The summed E-state index contributed by atoms with van der Waals surface area (Å²) in [6.07, 6.45) is 3.32. The minimum atomic E-state index is -0.957. The maximum atomic E-state index is 11.4. The third-order valence-corrected chi connectivity index (χ3v) is 11.9. The van der Waals surface area contributed by atoms with Crippen LogP contribution in [0.5, 0.6) is 23.3 Å². The average Bonchev–Trinajstić information content (AvgIpc) is 3.97. The lowest BCUT2D eigenvalue weighted by atomic mass is 9.99. The van der Waals surface area contributed by atoms with Crippen LogP contribution in [-0.4, -0.2) is 56.0 Å². The first-order valence-electron chi connectivity index (χ1n) is 22.9. The van der Waals surface area contributed by atoms with Crippen molar-refractivity contribution < 1.29 is 24.2 Å². The lowest BCUT2D eigenvalue weighted by Crippen LogP contribution is -2.10. The van der Waals surface area contributed by atoms with Gasteiger partial charge in [-0.1, -0.05) is 24.3 Å². The predicted molar refractivity (Wildman–Crippen MR) is 280 cm³/mol. The molecule has 0 aliphatic heterocycles. The smallest absolute Gasteiger partial charge is 0.335 e. The molecule has 1 amide bonds. The van der Waals surface area contributed by atoms with Gasteiger partial charge in [0.2, 0.25) is 17.8 Å². The molecule has 0 radical (unpaired) electrons. The van der Waals surface area contributed by atoms with Gasteiger partial charge in [-0.2, -0.15) is 30.5 Å². The summed E-state index contributed by atoms with van der Waals surface area (Å²) in [5.41, 5.74) is 18.4. The molecule has 0 atom stereocenters. The molecule has 10 aromatic rings. The lowest BCUT2D eigenvalue weighted by molar-refractivity contribution is 0.0696. The number of rotatable bonds is 12. The number of carboxylic acids is 1. The number of carbonyl (C=O) groups is 2. The maximum absolute atomic E-state index is 11.4. The predicted octanol–water partition coefficient (Wildman–Crippen LogP) is 10.9. The zero-order valence-corrected chi connectivity index (χ0v) is 40.8. The number of nitrogens with one attached hydrogen (secondary N) is 2. The fraction of sp³-hybridized carbons (Fsp3) is 0.107. The summed E-state index contributed by atoms with van der Waals surface area (Å²) in [4.78, 5) is 49.8. The average molecular weight is 980 g/mol. The fourth-order valence-corrected chi connectivity index (χ4v) is 8.11. The summed E-state index contributed by atoms with van der Waals surface area (Å²) in [7, 11) is 3.70. The molecule has 6 aromatic carbocycles. The van der Waals surface area contributed by atoms with Crippen LogP contribution in [0.25, 0.3) is 44.6 Å². The standard InChI is InChI=1S/C28H23N7O2.C28H22N6O3/c1-16-12-21(19-6-8-20(9-7-19)25(30)36)13-17(2)24(16)37-27-23-26(35(3)15-31-23)33-28(34-27)32-22-10-4-18(14-29)5-11-22;1-16-12-21(19-6-8-20(9-7-19)27(35)36)13-17(2)24(16)37-26-23-25(34(3)15-30-23)32-28(33-26)31-22-10-4-18(14-29)5-11-22/h4-13,15H,1-3H3,(H2,30,36)(H,32,33,34);4-13,15H,1-3H3,(H,35,36)(H,31,32,33). The van der Waals surface area contributed by atoms with Crippen LogP contribution >= 0.6 is 0 Å². The first-order chi connectivity index (χ1) is 35.6. The molecule has 74 heavy (non-hydrogen) atoms. The second-order valence-electron chi connectivity index (χ2n) is 17.3. The number of primary amides is 1. The Morgan fingerprint density at radius 1 is 0.541 bits per heavy atom. The number of nitrogens with two attached hydrogens (primary N) is 1. The van der Waals surface area contributed by atoms with Gasteiger partial charge in [0.05, 0.1) is 41.5 Å². The highest BCUT2D eigenvalue weighted by Gasteiger charge is 2.20. The van der Waals surface area contributed by atoms with Gasteiger partial charge >= 0.3 is 5.97 Å². The zero-order chi connectivity index (χ0) is 52.2. The number of carbonyl (C=O) groups excluding carboxylic acids is 1. The van der Waals surface area contributed by atoms with Gasteiger partial charge in [-0.3, -0.25) is 4.79 Å².